The Labute approximate surface area is 137 Å². The molecule has 0 amide bonds. The SMILES string of the molecule is c1ccc(-c2cnc(-c3ccccc3)n2C2CCCCC2)cc1. The molecular weight excluding hydrogens is 280 g/mol. The fourth-order valence-electron chi connectivity index (χ4n) is 3.69. The highest BCUT2D eigenvalue weighted by Gasteiger charge is 2.22. The Hall–Kier alpha value is -2.35. The van der Waals surface area contributed by atoms with Crippen LogP contribution in [0.5, 0.6) is 0 Å². The van der Waals surface area contributed by atoms with Gasteiger partial charge in [-0.2, -0.15) is 0 Å². The van der Waals surface area contributed by atoms with E-state index < -0.39 is 0 Å². The third-order valence-corrected chi connectivity index (χ3v) is 4.84. The summed E-state index contributed by atoms with van der Waals surface area (Å²) in [7, 11) is 0. The predicted octanol–water partition coefficient (Wildman–Crippen LogP) is 5.72. The predicted molar refractivity (Wildman–Crippen MR) is 95.2 cm³/mol. The van der Waals surface area contributed by atoms with Crippen molar-refractivity contribution in [2.45, 2.75) is 38.1 Å². The normalized spacial score (nSPS) is 15.7. The van der Waals surface area contributed by atoms with E-state index in [1.54, 1.807) is 0 Å². The summed E-state index contributed by atoms with van der Waals surface area (Å²) in [4.78, 5) is 4.80. The number of imidazole rings is 1. The van der Waals surface area contributed by atoms with E-state index in [2.05, 4.69) is 65.2 Å². The molecule has 2 heteroatoms. The van der Waals surface area contributed by atoms with Crippen LogP contribution in [0.1, 0.15) is 38.1 Å². The molecule has 2 nitrogen and oxygen atoms in total. The number of rotatable bonds is 3. The molecule has 1 saturated carbocycles. The van der Waals surface area contributed by atoms with Gasteiger partial charge in [-0.3, -0.25) is 0 Å². The van der Waals surface area contributed by atoms with Crippen molar-refractivity contribution in [3.05, 3.63) is 66.9 Å². The van der Waals surface area contributed by atoms with E-state index in [1.807, 2.05) is 6.20 Å². The lowest BCUT2D eigenvalue weighted by atomic mass is 9.94. The van der Waals surface area contributed by atoms with Crippen LogP contribution in [0.4, 0.5) is 0 Å². The summed E-state index contributed by atoms with van der Waals surface area (Å²) >= 11 is 0. The van der Waals surface area contributed by atoms with Crippen LogP contribution in [-0.4, -0.2) is 9.55 Å². The Morgan fingerprint density at radius 3 is 2.00 bits per heavy atom. The van der Waals surface area contributed by atoms with Crippen molar-refractivity contribution in [2.24, 2.45) is 0 Å². The van der Waals surface area contributed by atoms with Crippen LogP contribution in [0.15, 0.2) is 66.9 Å². The minimum Gasteiger partial charge on any atom is -0.321 e. The van der Waals surface area contributed by atoms with Gasteiger partial charge in [-0.05, 0) is 18.4 Å². The van der Waals surface area contributed by atoms with Gasteiger partial charge in [-0.15, -0.1) is 0 Å². The lowest BCUT2D eigenvalue weighted by molar-refractivity contribution is 0.358. The minimum absolute atomic E-state index is 0.566. The number of hydrogen-bond donors (Lipinski definition) is 0. The Morgan fingerprint density at radius 2 is 1.35 bits per heavy atom. The zero-order valence-electron chi connectivity index (χ0n) is 13.4. The monoisotopic (exact) mass is 302 g/mol. The largest absolute Gasteiger partial charge is 0.321 e. The Kier molecular flexibility index (Phi) is 3.97. The van der Waals surface area contributed by atoms with Crippen LogP contribution in [0.25, 0.3) is 22.6 Å². The quantitative estimate of drug-likeness (QED) is 0.605. The third-order valence-electron chi connectivity index (χ3n) is 4.84. The first-order chi connectivity index (χ1) is 11.4. The van der Waals surface area contributed by atoms with E-state index in [1.165, 1.54) is 48.9 Å². The molecule has 116 valence electrons. The number of nitrogens with zero attached hydrogens (tertiary/aromatic N) is 2. The van der Waals surface area contributed by atoms with Crippen molar-refractivity contribution in [2.75, 3.05) is 0 Å². The summed E-state index contributed by atoms with van der Waals surface area (Å²) in [5.74, 6) is 1.11. The maximum absolute atomic E-state index is 4.80. The highest BCUT2D eigenvalue weighted by Crippen LogP contribution is 2.36. The van der Waals surface area contributed by atoms with Crippen LogP contribution >= 0.6 is 0 Å². The molecule has 0 atom stereocenters. The van der Waals surface area contributed by atoms with E-state index in [0.717, 1.165) is 5.82 Å². The molecule has 0 aliphatic heterocycles. The number of hydrogen-bond acceptors (Lipinski definition) is 1. The highest BCUT2D eigenvalue weighted by molar-refractivity contribution is 5.66. The average Bonchev–Trinajstić information content (AvgIpc) is 3.09. The summed E-state index contributed by atoms with van der Waals surface area (Å²) in [5, 5.41) is 0. The van der Waals surface area contributed by atoms with Crippen molar-refractivity contribution < 1.29 is 0 Å². The minimum atomic E-state index is 0.566. The number of aromatic nitrogens is 2. The van der Waals surface area contributed by atoms with Gasteiger partial charge in [0.05, 0.1) is 11.9 Å². The molecule has 1 fully saturated rings. The van der Waals surface area contributed by atoms with Gasteiger partial charge in [0, 0.05) is 11.6 Å². The second-order valence-corrected chi connectivity index (χ2v) is 6.36. The van der Waals surface area contributed by atoms with Crippen molar-refractivity contribution in [1.82, 2.24) is 9.55 Å². The fraction of sp³-hybridized carbons (Fsp3) is 0.286. The summed E-state index contributed by atoms with van der Waals surface area (Å²) in [6, 6.07) is 21.8. The molecule has 1 aliphatic rings. The standard InChI is InChI=1S/C21H22N2/c1-4-10-17(11-5-1)20-16-22-21(18-12-6-2-7-13-18)23(20)19-14-8-3-9-15-19/h1-2,4-7,10-13,16,19H,3,8-9,14-15H2. The molecule has 0 spiro atoms. The first-order valence-corrected chi connectivity index (χ1v) is 8.61. The van der Waals surface area contributed by atoms with Gasteiger partial charge in [0.25, 0.3) is 0 Å². The van der Waals surface area contributed by atoms with E-state index >= 15 is 0 Å². The summed E-state index contributed by atoms with van der Waals surface area (Å²) < 4.78 is 2.49. The van der Waals surface area contributed by atoms with Crippen LogP contribution in [0.2, 0.25) is 0 Å². The van der Waals surface area contributed by atoms with Gasteiger partial charge in [-0.1, -0.05) is 79.9 Å². The van der Waals surface area contributed by atoms with Crippen molar-refractivity contribution in [3.63, 3.8) is 0 Å². The molecule has 0 bridgehead atoms. The van der Waals surface area contributed by atoms with Gasteiger partial charge in [0.2, 0.25) is 0 Å². The van der Waals surface area contributed by atoms with Gasteiger partial charge >= 0.3 is 0 Å². The molecule has 23 heavy (non-hydrogen) atoms. The van der Waals surface area contributed by atoms with Crippen LogP contribution in [-0.2, 0) is 0 Å². The molecular formula is C21H22N2. The van der Waals surface area contributed by atoms with Gasteiger partial charge in [-0.25, -0.2) is 4.98 Å². The number of benzene rings is 2. The van der Waals surface area contributed by atoms with E-state index in [4.69, 9.17) is 4.98 Å². The van der Waals surface area contributed by atoms with Crippen LogP contribution in [0, 0.1) is 0 Å². The average molecular weight is 302 g/mol. The van der Waals surface area contributed by atoms with Crippen molar-refractivity contribution in [3.8, 4) is 22.6 Å². The molecule has 1 aromatic heterocycles. The highest BCUT2D eigenvalue weighted by atomic mass is 15.1. The molecule has 0 unspecified atom stereocenters. The maximum Gasteiger partial charge on any atom is 0.140 e. The Bertz CT molecular complexity index is 696. The van der Waals surface area contributed by atoms with Crippen molar-refractivity contribution >= 4 is 0 Å². The lowest BCUT2D eigenvalue weighted by Crippen LogP contribution is -2.15. The smallest absolute Gasteiger partial charge is 0.140 e. The van der Waals surface area contributed by atoms with E-state index in [-0.39, 0.29) is 0 Å². The van der Waals surface area contributed by atoms with Crippen LogP contribution < -0.4 is 0 Å². The molecule has 0 radical (unpaired) electrons. The second-order valence-electron chi connectivity index (χ2n) is 6.36. The van der Waals surface area contributed by atoms with Gasteiger partial charge in [0.15, 0.2) is 0 Å². The summed E-state index contributed by atoms with van der Waals surface area (Å²) in [6.07, 6.45) is 8.58. The van der Waals surface area contributed by atoms with E-state index in [0.29, 0.717) is 6.04 Å². The van der Waals surface area contributed by atoms with Gasteiger partial charge < -0.3 is 4.57 Å². The van der Waals surface area contributed by atoms with E-state index in [9.17, 15) is 0 Å². The third kappa shape index (κ3) is 2.81. The van der Waals surface area contributed by atoms with Gasteiger partial charge in [0.1, 0.15) is 5.82 Å². The lowest BCUT2D eigenvalue weighted by Gasteiger charge is -2.27. The molecule has 0 saturated heterocycles. The molecule has 3 aromatic rings. The second kappa shape index (κ2) is 6.41. The first-order valence-electron chi connectivity index (χ1n) is 8.61. The molecule has 4 rings (SSSR count). The summed E-state index contributed by atoms with van der Waals surface area (Å²) in [6.45, 7) is 0. The van der Waals surface area contributed by atoms with Crippen molar-refractivity contribution in [1.29, 1.82) is 0 Å². The zero-order valence-corrected chi connectivity index (χ0v) is 13.4. The Balaban J connectivity index is 1.85. The maximum atomic E-state index is 4.80. The molecule has 1 aliphatic carbocycles. The molecule has 1 heterocycles. The Morgan fingerprint density at radius 1 is 0.739 bits per heavy atom. The zero-order chi connectivity index (χ0) is 15.5. The topological polar surface area (TPSA) is 17.8 Å². The summed E-state index contributed by atoms with van der Waals surface area (Å²) in [5.41, 5.74) is 3.71. The van der Waals surface area contributed by atoms with Crippen LogP contribution in [0.3, 0.4) is 0 Å². The molecule has 2 aromatic carbocycles. The fourth-order valence-corrected chi connectivity index (χ4v) is 3.69. The first kappa shape index (κ1) is 14.3. The molecule has 0 N–H and O–H groups in total.